The van der Waals surface area contributed by atoms with Gasteiger partial charge < -0.3 is 15.2 Å². The number of pyridine rings is 1. The SMILES string of the molecule is COc1ccc(CNC(=O)c2cnc3[nH]c(=O)n(C(C)c4ccc(C(=O)O)cc4)c(=O)c3c2)cc1. The number of nitrogens with one attached hydrogen (secondary N) is 2. The Morgan fingerprint density at radius 3 is 2.40 bits per heavy atom. The number of fused-ring (bicyclic) bond motifs is 1. The lowest BCUT2D eigenvalue weighted by atomic mass is 10.1. The molecule has 0 aliphatic heterocycles. The first-order valence-electron chi connectivity index (χ1n) is 10.7. The van der Waals surface area contributed by atoms with E-state index in [-0.39, 0.29) is 28.7 Å². The van der Waals surface area contributed by atoms with Gasteiger partial charge in [0.1, 0.15) is 11.4 Å². The number of carbonyl (C=O) groups excluding carboxylic acids is 1. The number of aromatic carboxylic acids is 1. The second-order valence-corrected chi connectivity index (χ2v) is 7.86. The number of hydrogen-bond donors (Lipinski definition) is 3. The average Bonchev–Trinajstić information content (AvgIpc) is 2.87. The van der Waals surface area contributed by atoms with Gasteiger partial charge in [-0.3, -0.25) is 19.1 Å². The van der Waals surface area contributed by atoms with E-state index in [0.29, 0.717) is 11.3 Å². The van der Waals surface area contributed by atoms with E-state index in [1.165, 1.54) is 24.4 Å². The highest BCUT2D eigenvalue weighted by atomic mass is 16.5. The standard InChI is InChI=1S/C25H22N4O6/c1-14(16-5-7-17(8-6-16)24(32)33)29-23(31)20-11-18(13-26-21(20)28-25(29)34)22(30)27-12-15-3-9-19(35-2)10-4-15/h3-11,13-14H,12H2,1-2H3,(H,27,30)(H,32,33)(H,26,28,34). The second kappa shape index (κ2) is 9.64. The van der Waals surface area contributed by atoms with Gasteiger partial charge in [0.15, 0.2) is 0 Å². The summed E-state index contributed by atoms with van der Waals surface area (Å²) in [5.74, 6) is -0.797. The molecule has 35 heavy (non-hydrogen) atoms. The van der Waals surface area contributed by atoms with Crippen molar-refractivity contribution in [3.05, 3.63) is 104 Å². The summed E-state index contributed by atoms with van der Waals surface area (Å²) in [5.41, 5.74) is 0.481. The topological polar surface area (TPSA) is 143 Å². The van der Waals surface area contributed by atoms with Gasteiger partial charge in [-0.1, -0.05) is 24.3 Å². The minimum absolute atomic E-state index is 0.0661. The zero-order valence-corrected chi connectivity index (χ0v) is 18.9. The third-order valence-corrected chi connectivity index (χ3v) is 5.68. The molecule has 10 heteroatoms. The van der Waals surface area contributed by atoms with Crippen LogP contribution in [0.2, 0.25) is 0 Å². The molecule has 1 atom stereocenters. The summed E-state index contributed by atoms with van der Waals surface area (Å²) in [5, 5.41) is 11.9. The largest absolute Gasteiger partial charge is 0.497 e. The third kappa shape index (κ3) is 4.81. The van der Waals surface area contributed by atoms with E-state index in [4.69, 9.17) is 9.84 Å². The predicted octanol–water partition coefficient (Wildman–Crippen LogP) is 2.33. The van der Waals surface area contributed by atoms with Crippen LogP contribution >= 0.6 is 0 Å². The Bertz CT molecular complexity index is 1520. The van der Waals surface area contributed by atoms with Crippen molar-refractivity contribution in [1.29, 1.82) is 0 Å². The number of aromatic nitrogens is 3. The van der Waals surface area contributed by atoms with Gasteiger partial charge in [-0.2, -0.15) is 0 Å². The Labute approximate surface area is 198 Å². The molecule has 178 valence electrons. The number of ether oxygens (including phenoxy) is 1. The van der Waals surface area contributed by atoms with Crippen LogP contribution in [0, 0.1) is 0 Å². The van der Waals surface area contributed by atoms with Crippen molar-refractivity contribution in [2.75, 3.05) is 7.11 Å². The van der Waals surface area contributed by atoms with Gasteiger partial charge in [-0.25, -0.2) is 14.6 Å². The number of aromatic amines is 1. The van der Waals surface area contributed by atoms with Crippen LogP contribution in [-0.2, 0) is 6.54 Å². The lowest BCUT2D eigenvalue weighted by Gasteiger charge is -2.15. The van der Waals surface area contributed by atoms with Gasteiger partial charge in [0.25, 0.3) is 11.5 Å². The van der Waals surface area contributed by atoms with Crippen molar-refractivity contribution in [3.8, 4) is 5.75 Å². The number of methoxy groups -OCH3 is 1. The van der Waals surface area contributed by atoms with E-state index in [1.807, 2.05) is 12.1 Å². The molecule has 4 aromatic rings. The number of H-pyrrole nitrogens is 1. The van der Waals surface area contributed by atoms with Crippen molar-refractivity contribution in [2.45, 2.75) is 19.5 Å². The highest BCUT2D eigenvalue weighted by molar-refractivity contribution is 5.96. The Morgan fingerprint density at radius 1 is 1.09 bits per heavy atom. The Hall–Kier alpha value is -4.73. The second-order valence-electron chi connectivity index (χ2n) is 7.86. The minimum Gasteiger partial charge on any atom is -0.497 e. The lowest BCUT2D eigenvalue weighted by molar-refractivity contribution is 0.0696. The van der Waals surface area contributed by atoms with Crippen LogP contribution in [0.15, 0.2) is 70.4 Å². The van der Waals surface area contributed by atoms with E-state index in [1.54, 1.807) is 38.3 Å². The Balaban J connectivity index is 1.62. The molecule has 2 aromatic heterocycles. The Morgan fingerprint density at radius 2 is 1.77 bits per heavy atom. The molecule has 0 fully saturated rings. The molecule has 4 rings (SSSR count). The summed E-state index contributed by atoms with van der Waals surface area (Å²) in [6.07, 6.45) is 1.29. The van der Waals surface area contributed by atoms with Crippen LogP contribution in [0.1, 0.15) is 44.8 Å². The summed E-state index contributed by atoms with van der Waals surface area (Å²) in [6, 6.07) is 13.8. The van der Waals surface area contributed by atoms with Crippen molar-refractivity contribution in [3.63, 3.8) is 0 Å². The normalized spacial score (nSPS) is 11.7. The number of carboxylic acids is 1. The van der Waals surface area contributed by atoms with E-state index in [9.17, 15) is 19.2 Å². The van der Waals surface area contributed by atoms with E-state index < -0.39 is 29.2 Å². The molecule has 10 nitrogen and oxygen atoms in total. The van der Waals surface area contributed by atoms with Crippen molar-refractivity contribution < 1.29 is 19.4 Å². The molecule has 2 aromatic carbocycles. The molecular formula is C25H22N4O6. The summed E-state index contributed by atoms with van der Waals surface area (Å²) in [6.45, 7) is 1.91. The van der Waals surface area contributed by atoms with Gasteiger partial charge in [0, 0.05) is 12.7 Å². The van der Waals surface area contributed by atoms with Crippen LogP contribution < -0.4 is 21.3 Å². The molecule has 2 heterocycles. The van der Waals surface area contributed by atoms with Crippen LogP contribution in [0.4, 0.5) is 0 Å². The van der Waals surface area contributed by atoms with Gasteiger partial charge in [0.2, 0.25) is 0 Å². The molecule has 0 saturated carbocycles. The monoisotopic (exact) mass is 474 g/mol. The van der Waals surface area contributed by atoms with E-state index >= 15 is 0 Å². The molecule has 0 aliphatic carbocycles. The Kier molecular flexibility index (Phi) is 6.45. The number of amides is 1. The van der Waals surface area contributed by atoms with Gasteiger partial charge >= 0.3 is 11.7 Å². The molecule has 0 saturated heterocycles. The first-order chi connectivity index (χ1) is 16.8. The maximum Gasteiger partial charge on any atom is 0.335 e. The number of nitrogens with zero attached hydrogens (tertiary/aromatic N) is 2. The highest BCUT2D eigenvalue weighted by Gasteiger charge is 2.18. The molecule has 1 amide bonds. The average molecular weight is 474 g/mol. The van der Waals surface area contributed by atoms with Crippen LogP contribution in [0.5, 0.6) is 5.75 Å². The molecule has 1 unspecified atom stereocenters. The first-order valence-corrected chi connectivity index (χ1v) is 10.7. The molecular weight excluding hydrogens is 452 g/mol. The first kappa shape index (κ1) is 23.4. The molecule has 0 aliphatic rings. The summed E-state index contributed by atoms with van der Waals surface area (Å²) >= 11 is 0. The van der Waals surface area contributed by atoms with Crippen molar-refractivity contribution in [2.24, 2.45) is 0 Å². The molecule has 0 spiro atoms. The maximum atomic E-state index is 13.2. The summed E-state index contributed by atoms with van der Waals surface area (Å²) in [7, 11) is 1.57. The number of hydrogen-bond acceptors (Lipinski definition) is 6. The van der Waals surface area contributed by atoms with Crippen LogP contribution in [0.25, 0.3) is 11.0 Å². The van der Waals surface area contributed by atoms with Gasteiger partial charge in [0.05, 0.1) is 29.7 Å². The van der Waals surface area contributed by atoms with Crippen molar-refractivity contribution >= 4 is 22.9 Å². The number of benzene rings is 2. The fourth-order valence-corrected chi connectivity index (χ4v) is 3.67. The van der Waals surface area contributed by atoms with Crippen LogP contribution in [0.3, 0.4) is 0 Å². The highest BCUT2D eigenvalue weighted by Crippen LogP contribution is 2.17. The number of rotatable bonds is 7. The zero-order chi connectivity index (χ0) is 25.1. The fourth-order valence-electron chi connectivity index (χ4n) is 3.67. The molecule has 3 N–H and O–H groups in total. The summed E-state index contributed by atoms with van der Waals surface area (Å²) < 4.78 is 6.13. The smallest absolute Gasteiger partial charge is 0.335 e. The fraction of sp³-hybridized carbons (Fsp3) is 0.160. The zero-order valence-electron chi connectivity index (χ0n) is 18.9. The molecule has 0 radical (unpaired) electrons. The molecule has 0 bridgehead atoms. The van der Waals surface area contributed by atoms with Gasteiger partial charge in [-0.05, 0) is 48.4 Å². The predicted molar refractivity (Wildman–Crippen MR) is 128 cm³/mol. The lowest BCUT2D eigenvalue weighted by Crippen LogP contribution is -2.38. The maximum absolute atomic E-state index is 13.2. The minimum atomic E-state index is -1.08. The van der Waals surface area contributed by atoms with E-state index in [0.717, 1.165) is 10.1 Å². The quantitative estimate of drug-likeness (QED) is 0.373. The van der Waals surface area contributed by atoms with Crippen molar-refractivity contribution in [1.82, 2.24) is 19.9 Å². The van der Waals surface area contributed by atoms with Crippen LogP contribution in [-0.4, -0.2) is 38.6 Å². The van der Waals surface area contributed by atoms with E-state index in [2.05, 4.69) is 15.3 Å². The number of carbonyl (C=O) groups is 2. The third-order valence-electron chi connectivity index (χ3n) is 5.68. The number of carboxylic acid groups (broad SMARTS) is 1. The summed E-state index contributed by atoms with van der Waals surface area (Å²) in [4.78, 5) is 56.3. The van der Waals surface area contributed by atoms with Gasteiger partial charge in [-0.15, -0.1) is 0 Å².